The fourth-order valence-electron chi connectivity index (χ4n) is 8.83. The van der Waals surface area contributed by atoms with Crippen molar-refractivity contribution in [2.24, 2.45) is 0 Å². The van der Waals surface area contributed by atoms with Crippen molar-refractivity contribution in [3.63, 3.8) is 0 Å². The van der Waals surface area contributed by atoms with E-state index in [0.717, 1.165) is 50.8 Å². The third-order valence-corrected chi connectivity index (χ3v) is 11.5. The highest BCUT2D eigenvalue weighted by Gasteiger charge is 2.25. The summed E-state index contributed by atoms with van der Waals surface area (Å²) in [6.07, 6.45) is 0. The normalized spacial score (nSPS) is 11.4. The van der Waals surface area contributed by atoms with Crippen LogP contribution < -0.4 is 9.80 Å². The molecule has 0 fully saturated rings. The number of para-hydroxylation sites is 4. The number of aromatic nitrogens is 1. The minimum absolute atomic E-state index is 1.06. The van der Waals surface area contributed by atoms with E-state index in [-0.39, 0.29) is 0 Å². The van der Waals surface area contributed by atoms with Gasteiger partial charge in [0, 0.05) is 39.2 Å². The van der Waals surface area contributed by atoms with E-state index in [0.29, 0.717) is 0 Å². The van der Waals surface area contributed by atoms with Gasteiger partial charge in [-0.15, -0.1) is 0 Å². The highest BCUT2D eigenvalue weighted by atomic mass is 15.2. The molecule has 0 saturated heterocycles. The molecule has 10 aromatic carbocycles. The van der Waals surface area contributed by atoms with Crippen LogP contribution in [0.25, 0.3) is 60.2 Å². The van der Waals surface area contributed by atoms with Gasteiger partial charge < -0.3 is 14.4 Å². The van der Waals surface area contributed by atoms with Gasteiger partial charge in [0.25, 0.3) is 0 Å². The van der Waals surface area contributed by atoms with Crippen LogP contribution in [0, 0.1) is 0 Å². The number of rotatable bonds is 8. The van der Waals surface area contributed by atoms with E-state index in [2.05, 4.69) is 251 Å². The molecule has 11 rings (SSSR count). The van der Waals surface area contributed by atoms with E-state index in [1.54, 1.807) is 0 Å². The van der Waals surface area contributed by atoms with Crippen LogP contribution in [0.5, 0.6) is 0 Å². The molecule has 0 unspecified atom stereocenters. The van der Waals surface area contributed by atoms with Crippen molar-refractivity contribution >= 4 is 77.5 Å². The second-order valence-corrected chi connectivity index (χ2v) is 15.0. The zero-order valence-corrected chi connectivity index (χ0v) is 32.4. The summed E-state index contributed by atoms with van der Waals surface area (Å²) in [7, 11) is 0. The lowest BCUT2D eigenvalue weighted by molar-refractivity contribution is 1.18. The fraction of sp³-hybridized carbons (Fsp3) is 0. The van der Waals surface area contributed by atoms with Crippen LogP contribution in [0.1, 0.15) is 0 Å². The molecule has 278 valence electrons. The Morgan fingerprint density at radius 1 is 0.305 bits per heavy atom. The largest absolute Gasteiger partial charge is 0.310 e. The molecule has 11 aromatic rings. The first-order valence-corrected chi connectivity index (χ1v) is 20.2. The predicted octanol–water partition coefficient (Wildman–Crippen LogP) is 15.7. The fourth-order valence-corrected chi connectivity index (χ4v) is 8.83. The molecule has 0 radical (unpaired) electrons. The number of fused-ring (bicyclic) bond motifs is 5. The molecule has 1 heterocycles. The van der Waals surface area contributed by atoms with Crippen LogP contribution in [0.2, 0.25) is 0 Å². The van der Waals surface area contributed by atoms with Gasteiger partial charge in [-0.05, 0) is 112 Å². The van der Waals surface area contributed by atoms with E-state index in [4.69, 9.17) is 0 Å². The second kappa shape index (κ2) is 14.6. The lowest BCUT2D eigenvalue weighted by atomic mass is 9.98. The van der Waals surface area contributed by atoms with E-state index in [1.165, 1.54) is 43.4 Å². The quantitative estimate of drug-likeness (QED) is 0.153. The molecule has 0 amide bonds. The van der Waals surface area contributed by atoms with Crippen molar-refractivity contribution in [3.8, 4) is 16.8 Å². The summed E-state index contributed by atoms with van der Waals surface area (Å²) in [4.78, 5) is 4.81. The van der Waals surface area contributed by atoms with Crippen molar-refractivity contribution in [3.05, 3.63) is 237 Å². The molecule has 3 heteroatoms. The zero-order chi connectivity index (χ0) is 39.1. The van der Waals surface area contributed by atoms with Crippen molar-refractivity contribution in [1.82, 2.24) is 4.57 Å². The van der Waals surface area contributed by atoms with Crippen LogP contribution in [-0.4, -0.2) is 4.57 Å². The molecule has 0 aliphatic rings. The highest BCUT2D eigenvalue weighted by Crippen LogP contribution is 2.48. The smallest absolute Gasteiger partial charge is 0.0583 e. The number of benzene rings is 10. The van der Waals surface area contributed by atoms with Crippen LogP contribution in [0.3, 0.4) is 0 Å². The minimum atomic E-state index is 1.06. The number of hydrogen-bond acceptors (Lipinski definition) is 2. The molecule has 0 atom stereocenters. The van der Waals surface area contributed by atoms with Crippen LogP contribution in [-0.2, 0) is 0 Å². The Labute approximate surface area is 343 Å². The Hall–Kier alpha value is -7.88. The molecule has 0 aliphatic carbocycles. The Morgan fingerprint density at radius 3 is 1.54 bits per heavy atom. The molecule has 1 aromatic heterocycles. The SMILES string of the molecule is c1ccc(N(c2ccccc2)c2cc(N(c3ccccc3)c3ccc(-c4cccc5ccccc45)cc3)c3c4ccccc4n(-c4ccc5ccccc5c4)c3c2)cc1. The first-order chi connectivity index (χ1) is 29.3. The maximum atomic E-state index is 2.45. The van der Waals surface area contributed by atoms with E-state index in [9.17, 15) is 0 Å². The van der Waals surface area contributed by atoms with Crippen LogP contribution >= 0.6 is 0 Å². The summed E-state index contributed by atoms with van der Waals surface area (Å²) in [6, 6.07) is 85.5. The monoisotopic (exact) mass is 753 g/mol. The number of hydrogen-bond donors (Lipinski definition) is 0. The van der Waals surface area contributed by atoms with E-state index >= 15 is 0 Å². The highest BCUT2D eigenvalue weighted by molar-refractivity contribution is 6.18. The maximum absolute atomic E-state index is 2.45. The van der Waals surface area contributed by atoms with Gasteiger partial charge in [0.05, 0.1) is 22.4 Å². The molecule has 3 nitrogen and oxygen atoms in total. The standard InChI is InChI=1S/C56H39N3/c1-4-21-44(22-5-1)57(45-23-6-2-7-24-45)49-38-54(56-52-28-14-15-30-53(52)59(55(56)39-49)48-36-31-40-17-10-11-19-43(40)37-48)58(46-25-8-3-9-26-46)47-34-32-42(33-35-47)51-29-16-20-41-18-12-13-27-50(41)51/h1-39H. The second-order valence-electron chi connectivity index (χ2n) is 15.0. The van der Waals surface area contributed by atoms with Gasteiger partial charge in [0.15, 0.2) is 0 Å². The predicted molar refractivity (Wildman–Crippen MR) is 251 cm³/mol. The number of nitrogens with zero attached hydrogens (tertiary/aromatic N) is 3. The summed E-state index contributed by atoms with van der Waals surface area (Å²) in [6.45, 7) is 0. The molecular weight excluding hydrogens is 715 g/mol. The molecule has 0 spiro atoms. The molecular formula is C56H39N3. The minimum Gasteiger partial charge on any atom is -0.310 e. The topological polar surface area (TPSA) is 11.4 Å². The van der Waals surface area contributed by atoms with Gasteiger partial charge in [-0.2, -0.15) is 0 Å². The third-order valence-electron chi connectivity index (χ3n) is 11.5. The van der Waals surface area contributed by atoms with Gasteiger partial charge >= 0.3 is 0 Å². The molecule has 0 bridgehead atoms. The lowest BCUT2D eigenvalue weighted by Crippen LogP contribution is -2.14. The average Bonchev–Trinajstić information content (AvgIpc) is 3.64. The molecule has 59 heavy (non-hydrogen) atoms. The average molecular weight is 754 g/mol. The third kappa shape index (κ3) is 6.08. The summed E-state index contributed by atoms with van der Waals surface area (Å²) in [5.41, 5.74) is 12.3. The van der Waals surface area contributed by atoms with Gasteiger partial charge in [-0.1, -0.05) is 158 Å². The Kier molecular flexibility index (Phi) is 8.49. The first kappa shape index (κ1) is 34.4. The van der Waals surface area contributed by atoms with Gasteiger partial charge in [-0.3, -0.25) is 0 Å². The first-order valence-electron chi connectivity index (χ1n) is 20.2. The van der Waals surface area contributed by atoms with Crippen molar-refractivity contribution in [2.45, 2.75) is 0 Å². The summed E-state index contributed by atoms with van der Waals surface area (Å²) >= 11 is 0. The van der Waals surface area contributed by atoms with E-state index < -0.39 is 0 Å². The molecule has 0 N–H and O–H groups in total. The Balaban J connectivity index is 1.22. The summed E-state index contributed by atoms with van der Waals surface area (Å²) < 4.78 is 2.45. The van der Waals surface area contributed by atoms with Gasteiger partial charge in [0.1, 0.15) is 0 Å². The van der Waals surface area contributed by atoms with Crippen molar-refractivity contribution < 1.29 is 0 Å². The summed E-state index contributed by atoms with van der Waals surface area (Å²) in [5.74, 6) is 0. The Bertz CT molecular complexity index is 3220. The number of anilines is 6. The molecule has 0 aliphatic heterocycles. The van der Waals surface area contributed by atoms with Crippen molar-refractivity contribution in [2.75, 3.05) is 9.80 Å². The zero-order valence-electron chi connectivity index (χ0n) is 32.4. The lowest BCUT2D eigenvalue weighted by Gasteiger charge is -2.30. The van der Waals surface area contributed by atoms with Crippen molar-refractivity contribution in [1.29, 1.82) is 0 Å². The van der Waals surface area contributed by atoms with Gasteiger partial charge in [-0.25, -0.2) is 0 Å². The molecule has 0 saturated carbocycles. The maximum Gasteiger partial charge on any atom is 0.0583 e. The van der Waals surface area contributed by atoms with Crippen LogP contribution in [0.4, 0.5) is 34.1 Å². The van der Waals surface area contributed by atoms with Gasteiger partial charge in [0.2, 0.25) is 0 Å². The summed E-state index contributed by atoms with van der Waals surface area (Å²) in [5, 5.41) is 7.29. The van der Waals surface area contributed by atoms with E-state index in [1.807, 2.05) is 0 Å². The Morgan fingerprint density at radius 2 is 0.847 bits per heavy atom. The van der Waals surface area contributed by atoms with Crippen LogP contribution in [0.15, 0.2) is 237 Å².